The third-order valence-corrected chi connectivity index (χ3v) is 4.58. The van der Waals surface area contributed by atoms with Gasteiger partial charge in [0.15, 0.2) is 0 Å². The quantitative estimate of drug-likeness (QED) is 0.806. The second-order valence-electron chi connectivity index (χ2n) is 4.86. The Balaban J connectivity index is 1.97. The second kappa shape index (κ2) is 5.46. The molecular formula is C15H16FN3OS. The number of halogens is 1. The largest absolute Gasteiger partial charge is 0.473 e. The summed E-state index contributed by atoms with van der Waals surface area (Å²) in [5.74, 6) is 0.425. The van der Waals surface area contributed by atoms with Crippen LogP contribution in [-0.4, -0.2) is 9.78 Å². The number of hydrogen-bond acceptors (Lipinski definition) is 4. The van der Waals surface area contributed by atoms with Gasteiger partial charge in [-0.3, -0.25) is 0 Å². The van der Waals surface area contributed by atoms with Crippen LogP contribution in [0.25, 0.3) is 10.1 Å². The van der Waals surface area contributed by atoms with E-state index in [1.165, 1.54) is 17.4 Å². The summed E-state index contributed by atoms with van der Waals surface area (Å²) < 4.78 is 22.5. The van der Waals surface area contributed by atoms with E-state index in [1.54, 1.807) is 10.7 Å². The fraction of sp³-hybridized carbons (Fsp3) is 0.267. The van der Waals surface area contributed by atoms with E-state index in [0.717, 1.165) is 20.8 Å². The van der Waals surface area contributed by atoms with Crippen LogP contribution in [0, 0.1) is 12.7 Å². The number of thiophene rings is 1. The normalized spacial score (nSPS) is 11.2. The Hall–Kier alpha value is -1.92. The maximum absolute atomic E-state index is 14.1. The molecule has 0 spiro atoms. The molecule has 0 aliphatic carbocycles. The molecule has 3 aromatic rings. The van der Waals surface area contributed by atoms with Crippen molar-refractivity contribution < 1.29 is 9.13 Å². The first kappa shape index (κ1) is 14.0. The van der Waals surface area contributed by atoms with Crippen LogP contribution in [-0.2, 0) is 20.2 Å². The molecule has 1 aromatic carbocycles. The molecule has 3 rings (SSSR count). The maximum atomic E-state index is 14.1. The van der Waals surface area contributed by atoms with E-state index in [0.29, 0.717) is 17.8 Å². The van der Waals surface area contributed by atoms with E-state index in [4.69, 9.17) is 10.5 Å². The summed E-state index contributed by atoms with van der Waals surface area (Å²) in [5, 5.41) is 4.84. The number of rotatable bonds is 4. The van der Waals surface area contributed by atoms with Gasteiger partial charge in [-0.15, -0.1) is 11.3 Å². The highest BCUT2D eigenvalue weighted by Crippen LogP contribution is 2.33. The third kappa shape index (κ3) is 2.52. The van der Waals surface area contributed by atoms with Crippen molar-refractivity contribution in [2.24, 2.45) is 12.8 Å². The molecule has 0 amide bonds. The minimum atomic E-state index is -0.233. The van der Waals surface area contributed by atoms with Crippen LogP contribution in [0.5, 0.6) is 5.88 Å². The Morgan fingerprint density at radius 1 is 1.43 bits per heavy atom. The summed E-state index contributed by atoms with van der Waals surface area (Å²) in [6.45, 7) is 2.56. The van der Waals surface area contributed by atoms with Gasteiger partial charge in [-0.1, -0.05) is 6.07 Å². The highest BCUT2D eigenvalue weighted by molar-refractivity contribution is 7.19. The SMILES string of the molecule is Cc1cc(OCc2c(CN)sc3cccc(F)c23)n(C)n1. The predicted octanol–water partition coefficient (Wildman–Crippen LogP) is 3.12. The zero-order valence-electron chi connectivity index (χ0n) is 11.9. The van der Waals surface area contributed by atoms with Gasteiger partial charge in [-0.2, -0.15) is 5.10 Å². The number of hydrogen-bond donors (Lipinski definition) is 1. The monoisotopic (exact) mass is 305 g/mol. The Morgan fingerprint density at radius 3 is 2.90 bits per heavy atom. The average Bonchev–Trinajstić information content (AvgIpc) is 2.97. The molecule has 0 fully saturated rings. The topological polar surface area (TPSA) is 53.1 Å². The van der Waals surface area contributed by atoms with E-state index in [2.05, 4.69) is 5.10 Å². The number of aromatic nitrogens is 2. The van der Waals surface area contributed by atoms with Crippen LogP contribution in [0.1, 0.15) is 16.1 Å². The van der Waals surface area contributed by atoms with Crippen molar-refractivity contribution in [3.63, 3.8) is 0 Å². The smallest absolute Gasteiger partial charge is 0.212 e. The highest BCUT2D eigenvalue weighted by atomic mass is 32.1. The molecule has 110 valence electrons. The number of ether oxygens (including phenoxy) is 1. The molecule has 0 aliphatic rings. The summed E-state index contributed by atoms with van der Waals surface area (Å²) >= 11 is 1.52. The van der Waals surface area contributed by atoms with E-state index in [-0.39, 0.29) is 12.4 Å². The van der Waals surface area contributed by atoms with Gasteiger partial charge in [-0.05, 0) is 19.1 Å². The van der Waals surface area contributed by atoms with E-state index in [1.807, 2.05) is 26.1 Å². The fourth-order valence-corrected chi connectivity index (χ4v) is 3.50. The predicted molar refractivity (Wildman–Crippen MR) is 82.0 cm³/mol. The highest BCUT2D eigenvalue weighted by Gasteiger charge is 2.16. The van der Waals surface area contributed by atoms with Crippen LogP contribution in [0.15, 0.2) is 24.3 Å². The van der Waals surface area contributed by atoms with Gasteiger partial charge in [-0.25, -0.2) is 9.07 Å². The van der Waals surface area contributed by atoms with Crippen LogP contribution < -0.4 is 10.5 Å². The van der Waals surface area contributed by atoms with E-state index >= 15 is 0 Å². The molecule has 2 N–H and O–H groups in total. The molecule has 0 aliphatic heterocycles. The van der Waals surface area contributed by atoms with Crippen molar-refractivity contribution in [1.82, 2.24) is 9.78 Å². The summed E-state index contributed by atoms with van der Waals surface area (Å²) in [5.41, 5.74) is 7.49. The Morgan fingerprint density at radius 2 is 2.24 bits per heavy atom. The van der Waals surface area contributed by atoms with E-state index < -0.39 is 0 Å². The molecule has 21 heavy (non-hydrogen) atoms. The van der Waals surface area contributed by atoms with Gasteiger partial charge in [0.1, 0.15) is 12.4 Å². The molecule has 2 heterocycles. The lowest BCUT2D eigenvalue weighted by Crippen LogP contribution is -2.04. The maximum Gasteiger partial charge on any atom is 0.212 e. The molecule has 0 saturated carbocycles. The van der Waals surface area contributed by atoms with Gasteiger partial charge < -0.3 is 10.5 Å². The number of nitrogens with two attached hydrogens (primary N) is 1. The number of aryl methyl sites for hydroxylation is 2. The third-order valence-electron chi connectivity index (χ3n) is 3.36. The number of fused-ring (bicyclic) bond motifs is 1. The zero-order chi connectivity index (χ0) is 15.0. The summed E-state index contributed by atoms with van der Waals surface area (Å²) in [4.78, 5) is 0.953. The van der Waals surface area contributed by atoms with Crippen molar-refractivity contribution in [3.05, 3.63) is 46.2 Å². The summed E-state index contributed by atoms with van der Waals surface area (Å²) in [6, 6.07) is 6.93. The lowest BCUT2D eigenvalue weighted by atomic mass is 10.1. The first-order valence-corrected chi connectivity index (χ1v) is 7.44. The molecule has 4 nitrogen and oxygen atoms in total. The van der Waals surface area contributed by atoms with Gasteiger partial charge >= 0.3 is 0 Å². The van der Waals surface area contributed by atoms with E-state index in [9.17, 15) is 4.39 Å². The number of nitrogens with zero attached hydrogens (tertiary/aromatic N) is 2. The number of benzene rings is 1. The molecule has 0 bridgehead atoms. The molecule has 2 aromatic heterocycles. The first-order chi connectivity index (χ1) is 10.1. The zero-order valence-corrected chi connectivity index (χ0v) is 12.7. The van der Waals surface area contributed by atoms with Crippen LogP contribution in [0.3, 0.4) is 0 Å². The van der Waals surface area contributed by atoms with Crippen LogP contribution in [0.2, 0.25) is 0 Å². The lowest BCUT2D eigenvalue weighted by Gasteiger charge is -2.07. The second-order valence-corrected chi connectivity index (χ2v) is 5.99. The summed E-state index contributed by atoms with van der Waals surface area (Å²) in [7, 11) is 1.82. The van der Waals surface area contributed by atoms with Gasteiger partial charge in [0, 0.05) is 40.2 Å². The minimum Gasteiger partial charge on any atom is -0.473 e. The Kier molecular flexibility index (Phi) is 3.65. The van der Waals surface area contributed by atoms with Crippen molar-refractivity contribution >= 4 is 21.4 Å². The Bertz CT molecular complexity index is 794. The molecule has 0 radical (unpaired) electrons. The average molecular weight is 305 g/mol. The van der Waals surface area contributed by atoms with Crippen molar-refractivity contribution in [3.8, 4) is 5.88 Å². The first-order valence-electron chi connectivity index (χ1n) is 6.62. The van der Waals surface area contributed by atoms with Gasteiger partial charge in [0.2, 0.25) is 5.88 Å². The lowest BCUT2D eigenvalue weighted by molar-refractivity contribution is 0.279. The van der Waals surface area contributed by atoms with Gasteiger partial charge in [0.05, 0.1) is 5.69 Å². The van der Waals surface area contributed by atoms with Crippen molar-refractivity contribution in [2.75, 3.05) is 0 Å². The van der Waals surface area contributed by atoms with Crippen LogP contribution in [0.4, 0.5) is 4.39 Å². The molecule has 0 saturated heterocycles. The van der Waals surface area contributed by atoms with Crippen molar-refractivity contribution in [2.45, 2.75) is 20.1 Å². The molecule has 0 unspecified atom stereocenters. The van der Waals surface area contributed by atoms with Crippen LogP contribution >= 0.6 is 11.3 Å². The summed E-state index contributed by atoms with van der Waals surface area (Å²) in [6.07, 6.45) is 0. The fourth-order valence-electron chi connectivity index (χ4n) is 2.40. The molecule has 0 atom stereocenters. The molecule has 6 heteroatoms. The standard InChI is InChI=1S/C15H16FN3OS/c1-9-6-14(19(2)18-9)20-8-10-13(7-17)21-12-5-3-4-11(16)15(10)12/h3-6H,7-8,17H2,1-2H3. The van der Waals surface area contributed by atoms with Crippen molar-refractivity contribution in [1.29, 1.82) is 0 Å². The Labute approximate surface area is 125 Å². The molecular weight excluding hydrogens is 289 g/mol. The minimum absolute atomic E-state index is 0.233. The van der Waals surface area contributed by atoms with Gasteiger partial charge in [0.25, 0.3) is 0 Å².